The molecule has 12 heteroatoms. The van der Waals surface area contributed by atoms with Crippen LogP contribution in [0.1, 0.15) is 5.56 Å². The first kappa shape index (κ1) is 27.4. The molecule has 3 aromatic carbocycles. The first-order chi connectivity index (χ1) is 19.4. The van der Waals surface area contributed by atoms with E-state index in [2.05, 4.69) is 41.7 Å². The number of esters is 1. The van der Waals surface area contributed by atoms with Crippen molar-refractivity contribution in [2.45, 2.75) is 0 Å². The topological polar surface area (TPSA) is 114 Å². The molecule has 5 aromatic rings. The number of methoxy groups -OCH3 is 3. The number of rotatable bonds is 8. The standard InChI is InChI=1S/C28H21Br2N3O7/c1-36-19-9-6-10-20-17(19)12-22(40-20)27-32-18-8-5-4-7-16(18)28(35)33(27)31-13-15-11-21(37-2)26(25(30)24(15)29)39-14-23(34)38-3/h4-13H,14H2,1-3H3. The number of ether oxygens (including phenoxy) is 4. The second kappa shape index (κ2) is 11.5. The van der Waals surface area contributed by atoms with Crippen molar-refractivity contribution >= 4 is 65.9 Å². The molecule has 2 heterocycles. The molecule has 0 radical (unpaired) electrons. The largest absolute Gasteiger partial charge is 0.496 e. The third-order valence-electron chi connectivity index (χ3n) is 5.97. The van der Waals surface area contributed by atoms with Crippen LogP contribution < -0.4 is 19.8 Å². The first-order valence-electron chi connectivity index (χ1n) is 11.7. The van der Waals surface area contributed by atoms with Crippen LogP contribution in [-0.2, 0) is 9.53 Å². The van der Waals surface area contributed by atoms with Gasteiger partial charge in [-0.2, -0.15) is 9.78 Å². The number of para-hydroxylation sites is 1. The first-order valence-corrected chi connectivity index (χ1v) is 13.3. The van der Waals surface area contributed by atoms with Crippen LogP contribution in [0.15, 0.2) is 77.9 Å². The monoisotopic (exact) mass is 669 g/mol. The molecule has 0 aliphatic carbocycles. The van der Waals surface area contributed by atoms with E-state index in [9.17, 15) is 9.59 Å². The molecule has 0 saturated carbocycles. The number of aromatic nitrogens is 2. The summed E-state index contributed by atoms with van der Waals surface area (Å²) in [7, 11) is 4.31. The second-order valence-corrected chi connectivity index (χ2v) is 9.87. The average Bonchev–Trinajstić information content (AvgIpc) is 3.42. The molecule has 0 atom stereocenters. The van der Waals surface area contributed by atoms with Gasteiger partial charge >= 0.3 is 5.97 Å². The van der Waals surface area contributed by atoms with Crippen molar-refractivity contribution in [3.05, 3.63) is 79.5 Å². The van der Waals surface area contributed by atoms with Crippen molar-refractivity contribution in [3.8, 4) is 28.8 Å². The highest BCUT2D eigenvalue weighted by molar-refractivity contribution is 9.13. The van der Waals surface area contributed by atoms with E-state index in [-0.39, 0.29) is 18.0 Å². The summed E-state index contributed by atoms with van der Waals surface area (Å²) < 4.78 is 29.5. The zero-order chi connectivity index (χ0) is 28.4. The lowest BCUT2D eigenvalue weighted by Gasteiger charge is -2.14. The smallest absolute Gasteiger partial charge is 0.343 e. The summed E-state index contributed by atoms with van der Waals surface area (Å²) in [4.78, 5) is 29.9. The quantitative estimate of drug-likeness (QED) is 0.151. The normalized spacial score (nSPS) is 11.3. The van der Waals surface area contributed by atoms with E-state index in [0.717, 1.165) is 5.39 Å². The summed E-state index contributed by atoms with van der Waals surface area (Å²) in [6, 6.07) is 15.9. The predicted molar refractivity (Wildman–Crippen MR) is 157 cm³/mol. The minimum absolute atomic E-state index is 0.207. The Kier molecular flexibility index (Phi) is 7.90. The van der Waals surface area contributed by atoms with Crippen molar-refractivity contribution in [1.29, 1.82) is 0 Å². The van der Waals surface area contributed by atoms with E-state index in [1.807, 2.05) is 12.1 Å². The summed E-state index contributed by atoms with van der Waals surface area (Å²) in [5.74, 6) is 1.24. The molecular weight excluding hydrogens is 650 g/mol. The molecule has 0 N–H and O–H groups in total. The zero-order valence-corrected chi connectivity index (χ0v) is 24.6. The van der Waals surface area contributed by atoms with Gasteiger partial charge in [0.2, 0.25) is 5.82 Å². The summed E-state index contributed by atoms with van der Waals surface area (Å²) in [6.07, 6.45) is 1.48. The Morgan fingerprint density at radius 1 is 1.00 bits per heavy atom. The SMILES string of the molecule is COC(=O)COc1c(OC)cc(C=Nn2c(-c3cc4c(OC)cccc4o3)nc3ccccc3c2=O)c(Br)c1Br. The van der Waals surface area contributed by atoms with Crippen molar-refractivity contribution < 1.29 is 28.2 Å². The number of hydrogen-bond acceptors (Lipinski definition) is 9. The van der Waals surface area contributed by atoms with Crippen LogP contribution >= 0.6 is 31.9 Å². The number of nitrogens with zero attached hydrogens (tertiary/aromatic N) is 3. The molecule has 204 valence electrons. The van der Waals surface area contributed by atoms with Crippen molar-refractivity contribution in [2.24, 2.45) is 5.10 Å². The van der Waals surface area contributed by atoms with Gasteiger partial charge in [-0.3, -0.25) is 4.79 Å². The van der Waals surface area contributed by atoms with Gasteiger partial charge in [-0.15, -0.1) is 0 Å². The van der Waals surface area contributed by atoms with Gasteiger partial charge in [0, 0.05) is 10.0 Å². The minimum Gasteiger partial charge on any atom is -0.496 e. The van der Waals surface area contributed by atoms with Crippen LogP contribution in [0.4, 0.5) is 0 Å². The van der Waals surface area contributed by atoms with E-state index >= 15 is 0 Å². The maximum absolute atomic E-state index is 13.6. The highest BCUT2D eigenvalue weighted by atomic mass is 79.9. The van der Waals surface area contributed by atoms with Gasteiger partial charge in [0.25, 0.3) is 5.56 Å². The molecule has 5 rings (SSSR count). The van der Waals surface area contributed by atoms with Gasteiger partial charge in [0.05, 0.1) is 48.3 Å². The number of halogens is 2. The van der Waals surface area contributed by atoms with Crippen LogP contribution in [0, 0.1) is 0 Å². The van der Waals surface area contributed by atoms with Crippen LogP contribution in [0.2, 0.25) is 0 Å². The number of carbonyl (C=O) groups excluding carboxylic acids is 1. The molecule has 10 nitrogen and oxygen atoms in total. The van der Waals surface area contributed by atoms with Crippen molar-refractivity contribution in [1.82, 2.24) is 9.66 Å². The number of fused-ring (bicyclic) bond motifs is 2. The van der Waals surface area contributed by atoms with Crippen LogP contribution in [0.3, 0.4) is 0 Å². The molecular formula is C28H21Br2N3O7. The van der Waals surface area contributed by atoms with Gasteiger partial charge in [-0.1, -0.05) is 18.2 Å². The van der Waals surface area contributed by atoms with Gasteiger partial charge in [0.15, 0.2) is 23.9 Å². The van der Waals surface area contributed by atoms with Crippen molar-refractivity contribution in [3.63, 3.8) is 0 Å². The lowest BCUT2D eigenvalue weighted by atomic mass is 10.2. The van der Waals surface area contributed by atoms with Gasteiger partial charge in [0.1, 0.15) is 11.3 Å². The third kappa shape index (κ3) is 5.07. The molecule has 40 heavy (non-hydrogen) atoms. The fourth-order valence-corrected chi connectivity index (χ4v) is 4.94. The summed E-state index contributed by atoms with van der Waals surface area (Å²) in [5.41, 5.74) is 1.24. The minimum atomic E-state index is -0.547. The van der Waals surface area contributed by atoms with Gasteiger partial charge in [-0.05, 0) is 68.3 Å². The Morgan fingerprint density at radius 2 is 1.77 bits per heavy atom. The summed E-state index contributed by atoms with van der Waals surface area (Å²) in [5, 5.41) is 5.64. The highest BCUT2D eigenvalue weighted by Crippen LogP contribution is 2.42. The lowest BCUT2D eigenvalue weighted by Crippen LogP contribution is -2.20. The van der Waals surface area contributed by atoms with E-state index in [1.165, 1.54) is 25.1 Å². The molecule has 0 saturated heterocycles. The molecule has 2 aromatic heterocycles. The Balaban J connectivity index is 1.65. The summed E-state index contributed by atoms with van der Waals surface area (Å²) >= 11 is 7.01. The molecule has 0 aliphatic rings. The van der Waals surface area contributed by atoms with E-state index in [1.54, 1.807) is 49.6 Å². The summed E-state index contributed by atoms with van der Waals surface area (Å²) in [6.45, 7) is -0.310. The fourth-order valence-electron chi connectivity index (χ4n) is 4.01. The number of benzene rings is 3. The van der Waals surface area contributed by atoms with E-state index < -0.39 is 5.97 Å². The number of carbonyl (C=O) groups is 1. The Labute approximate surface area is 244 Å². The molecule has 0 amide bonds. The molecule has 0 aliphatic heterocycles. The fraction of sp³-hybridized carbons (Fsp3) is 0.143. The molecule has 0 spiro atoms. The Morgan fingerprint density at radius 3 is 2.52 bits per heavy atom. The molecule has 0 unspecified atom stereocenters. The predicted octanol–water partition coefficient (Wildman–Crippen LogP) is 5.79. The number of furan rings is 1. The molecule has 0 fully saturated rings. The Bertz CT molecular complexity index is 1850. The average molecular weight is 671 g/mol. The van der Waals surface area contributed by atoms with Crippen LogP contribution in [0.5, 0.6) is 17.2 Å². The zero-order valence-electron chi connectivity index (χ0n) is 21.4. The molecule has 0 bridgehead atoms. The van der Waals surface area contributed by atoms with Crippen LogP contribution in [0.25, 0.3) is 33.5 Å². The van der Waals surface area contributed by atoms with Crippen LogP contribution in [-0.4, -0.2) is 49.8 Å². The maximum atomic E-state index is 13.6. The van der Waals surface area contributed by atoms with E-state index in [4.69, 9.17) is 23.6 Å². The second-order valence-electron chi connectivity index (χ2n) is 8.29. The Hall–Kier alpha value is -4.16. The lowest BCUT2D eigenvalue weighted by molar-refractivity contribution is -0.142. The van der Waals surface area contributed by atoms with Gasteiger partial charge in [-0.25, -0.2) is 9.78 Å². The number of hydrogen-bond donors (Lipinski definition) is 0. The third-order valence-corrected chi connectivity index (χ3v) is 8.11. The highest BCUT2D eigenvalue weighted by Gasteiger charge is 2.20. The van der Waals surface area contributed by atoms with Gasteiger partial charge < -0.3 is 23.4 Å². The van der Waals surface area contributed by atoms with Crippen molar-refractivity contribution in [2.75, 3.05) is 27.9 Å². The maximum Gasteiger partial charge on any atom is 0.343 e. The van der Waals surface area contributed by atoms with E-state index in [0.29, 0.717) is 54.0 Å².